The number of nitrogens with zero attached hydrogens (tertiary/aromatic N) is 1. The van der Waals surface area contributed by atoms with Crippen LogP contribution in [0.5, 0.6) is 5.75 Å². The van der Waals surface area contributed by atoms with Crippen molar-refractivity contribution in [2.75, 3.05) is 13.7 Å². The minimum Gasteiger partial charge on any atom is -0.497 e. The average molecular weight is 323 g/mol. The third-order valence-electron chi connectivity index (χ3n) is 5.01. The number of benzene rings is 2. The highest BCUT2D eigenvalue weighted by Crippen LogP contribution is 2.25. The zero-order chi connectivity index (χ0) is 17.1. The first kappa shape index (κ1) is 16.6. The average Bonchev–Trinajstić information content (AvgIpc) is 2.74. The van der Waals surface area contributed by atoms with E-state index in [2.05, 4.69) is 38.1 Å². The van der Waals surface area contributed by atoms with E-state index in [-0.39, 0.29) is 11.9 Å². The zero-order valence-corrected chi connectivity index (χ0v) is 14.7. The lowest BCUT2D eigenvalue weighted by Gasteiger charge is -2.27. The highest BCUT2D eigenvalue weighted by Gasteiger charge is 2.25. The molecule has 0 N–H and O–H groups in total. The molecule has 0 aromatic heterocycles. The van der Waals surface area contributed by atoms with Gasteiger partial charge >= 0.3 is 0 Å². The predicted molar refractivity (Wildman–Crippen MR) is 96.5 cm³/mol. The Balaban J connectivity index is 1.76. The van der Waals surface area contributed by atoms with Crippen molar-refractivity contribution in [2.45, 2.75) is 39.2 Å². The summed E-state index contributed by atoms with van der Waals surface area (Å²) in [5, 5.41) is 0. The fraction of sp³-hybridized carbons (Fsp3) is 0.381. The molecule has 1 aliphatic rings. The summed E-state index contributed by atoms with van der Waals surface area (Å²) in [4.78, 5) is 14.9. The van der Waals surface area contributed by atoms with Crippen LogP contribution < -0.4 is 4.74 Å². The van der Waals surface area contributed by atoms with Gasteiger partial charge in [0, 0.05) is 12.6 Å². The molecule has 0 aliphatic carbocycles. The fourth-order valence-electron chi connectivity index (χ4n) is 3.50. The Kier molecular flexibility index (Phi) is 4.89. The minimum atomic E-state index is 0.204. The molecule has 0 saturated carbocycles. The third kappa shape index (κ3) is 3.45. The van der Waals surface area contributed by atoms with Gasteiger partial charge in [0.1, 0.15) is 5.75 Å². The fourth-order valence-corrected chi connectivity index (χ4v) is 3.50. The number of rotatable bonds is 3. The van der Waals surface area contributed by atoms with Crippen molar-refractivity contribution in [3.8, 4) is 5.75 Å². The normalized spacial score (nSPS) is 17.1. The monoisotopic (exact) mass is 323 g/mol. The molecule has 3 nitrogen and oxygen atoms in total. The first-order chi connectivity index (χ1) is 11.6. The number of carbonyl (C=O) groups is 1. The molecule has 0 radical (unpaired) electrons. The van der Waals surface area contributed by atoms with E-state index in [1.807, 2.05) is 23.1 Å². The van der Waals surface area contributed by atoms with Crippen LogP contribution in [0.15, 0.2) is 42.5 Å². The largest absolute Gasteiger partial charge is 0.497 e. The van der Waals surface area contributed by atoms with Crippen molar-refractivity contribution in [3.63, 3.8) is 0 Å². The Bertz CT molecular complexity index is 738. The number of carbonyl (C=O) groups excluding carboxylic acids is 1. The Hall–Kier alpha value is -2.29. The van der Waals surface area contributed by atoms with E-state index in [0.717, 1.165) is 30.7 Å². The van der Waals surface area contributed by atoms with Gasteiger partial charge in [0.25, 0.3) is 0 Å². The summed E-state index contributed by atoms with van der Waals surface area (Å²) in [5.41, 5.74) is 4.93. The second kappa shape index (κ2) is 7.08. The van der Waals surface area contributed by atoms with Crippen molar-refractivity contribution in [3.05, 3.63) is 64.7 Å². The summed E-state index contributed by atoms with van der Waals surface area (Å²) in [6, 6.07) is 14.6. The maximum atomic E-state index is 12.9. The molecule has 1 unspecified atom stereocenters. The van der Waals surface area contributed by atoms with Crippen molar-refractivity contribution in [1.82, 2.24) is 4.90 Å². The van der Waals surface area contributed by atoms with Crippen LogP contribution in [0.1, 0.15) is 29.2 Å². The first-order valence-corrected chi connectivity index (χ1v) is 8.58. The first-order valence-electron chi connectivity index (χ1n) is 8.58. The Labute approximate surface area is 144 Å². The summed E-state index contributed by atoms with van der Waals surface area (Å²) in [6.45, 7) is 4.99. The van der Waals surface area contributed by atoms with Gasteiger partial charge in [0.05, 0.1) is 13.5 Å². The molecule has 2 aromatic rings. The Morgan fingerprint density at radius 1 is 1.21 bits per heavy atom. The van der Waals surface area contributed by atoms with Gasteiger partial charge in [0.2, 0.25) is 5.91 Å². The van der Waals surface area contributed by atoms with Crippen LogP contribution in [0, 0.1) is 6.92 Å². The lowest BCUT2D eigenvalue weighted by Crippen LogP contribution is -2.40. The quantitative estimate of drug-likeness (QED) is 0.864. The summed E-state index contributed by atoms with van der Waals surface area (Å²) < 4.78 is 5.34. The number of ether oxygens (including phenoxy) is 1. The third-order valence-corrected chi connectivity index (χ3v) is 5.01. The highest BCUT2D eigenvalue weighted by molar-refractivity contribution is 5.79. The van der Waals surface area contributed by atoms with Crippen LogP contribution in [0.25, 0.3) is 0 Å². The molecule has 1 atom stereocenters. The molecular weight excluding hydrogens is 298 g/mol. The number of hydrogen-bond acceptors (Lipinski definition) is 2. The molecule has 0 bridgehead atoms. The van der Waals surface area contributed by atoms with Gasteiger partial charge in [-0.15, -0.1) is 0 Å². The van der Waals surface area contributed by atoms with Crippen molar-refractivity contribution in [1.29, 1.82) is 0 Å². The van der Waals surface area contributed by atoms with Crippen molar-refractivity contribution >= 4 is 5.91 Å². The molecule has 24 heavy (non-hydrogen) atoms. The Morgan fingerprint density at radius 2 is 2.00 bits per heavy atom. The van der Waals surface area contributed by atoms with E-state index in [4.69, 9.17) is 4.74 Å². The van der Waals surface area contributed by atoms with Gasteiger partial charge in [-0.1, -0.05) is 30.3 Å². The SMILES string of the molecule is COc1ccc2c(c1)CC(C)N(C(=O)Cc1ccccc1C)CC2. The number of fused-ring (bicyclic) bond motifs is 1. The smallest absolute Gasteiger partial charge is 0.227 e. The van der Waals surface area contributed by atoms with Gasteiger partial charge in [-0.3, -0.25) is 4.79 Å². The number of methoxy groups -OCH3 is 1. The molecular formula is C21H25NO2. The van der Waals surface area contributed by atoms with E-state index in [1.54, 1.807) is 7.11 Å². The van der Waals surface area contributed by atoms with Crippen LogP contribution in [0.2, 0.25) is 0 Å². The van der Waals surface area contributed by atoms with Crippen molar-refractivity contribution < 1.29 is 9.53 Å². The number of aryl methyl sites for hydroxylation is 1. The molecule has 1 heterocycles. The molecule has 126 valence electrons. The van der Waals surface area contributed by atoms with Crippen molar-refractivity contribution in [2.24, 2.45) is 0 Å². The van der Waals surface area contributed by atoms with Gasteiger partial charge in [-0.2, -0.15) is 0 Å². The summed E-state index contributed by atoms with van der Waals surface area (Å²) >= 11 is 0. The maximum absolute atomic E-state index is 12.9. The number of hydrogen-bond donors (Lipinski definition) is 0. The van der Waals surface area contributed by atoms with Gasteiger partial charge in [-0.25, -0.2) is 0 Å². The lowest BCUT2D eigenvalue weighted by molar-refractivity contribution is -0.132. The van der Waals surface area contributed by atoms with Gasteiger partial charge in [-0.05, 0) is 61.1 Å². The second-order valence-electron chi connectivity index (χ2n) is 6.63. The molecule has 1 aliphatic heterocycles. The zero-order valence-electron chi connectivity index (χ0n) is 14.7. The van der Waals surface area contributed by atoms with E-state index >= 15 is 0 Å². The van der Waals surface area contributed by atoms with Crippen LogP contribution in [-0.4, -0.2) is 30.5 Å². The topological polar surface area (TPSA) is 29.5 Å². The molecule has 3 heteroatoms. The van der Waals surface area contributed by atoms with Crippen LogP contribution in [0.4, 0.5) is 0 Å². The second-order valence-corrected chi connectivity index (χ2v) is 6.63. The molecule has 3 rings (SSSR count). The minimum absolute atomic E-state index is 0.204. The summed E-state index contributed by atoms with van der Waals surface area (Å²) in [5.74, 6) is 1.11. The summed E-state index contributed by atoms with van der Waals surface area (Å²) in [7, 11) is 1.69. The standard InChI is InChI=1S/C21H25NO2/c1-15-6-4-5-7-18(15)14-21(23)22-11-10-17-8-9-20(24-3)13-19(17)12-16(22)2/h4-9,13,16H,10-12,14H2,1-3H3. The number of amides is 1. The van der Waals surface area contributed by atoms with Crippen LogP contribution >= 0.6 is 0 Å². The molecule has 2 aromatic carbocycles. The predicted octanol–water partition coefficient (Wildman–Crippen LogP) is 3.56. The molecule has 1 amide bonds. The lowest BCUT2D eigenvalue weighted by atomic mass is 10.0. The Morgan fingerprint density at radius 3 is 2.75 bits per heavy atom. The molecule has 0 fully saturated rings. The van der Waals surface area contributed by atoms with E-state index in [1.165, 1.54) is 16.7 Å². The molecule has 0 spiro atoms. The highest BCUT2D eigenvalue weighted by atomic mass is 16.5. The maximum Gasteiger partial charge on any atom is 0.227 e. The van der Waals surface area contributed by atoms with E-state index in [9.17, 15) is 4.79 Å². The van der Waals surface area contributed by atoms with Crippen LogP contribution in [-0.2, 0) is 24.1 Å². The summed E-state index contributed by atoms with van der Waals surface area (Å²) in [6.07, 6.45) is 2.27. The van der Waals surface area contributed by atoms with Gasteiger partial charge in [0.15, 0.2) is 0 Å². The molecule has 0 saturated heterocycles. The van der Waals surface area contributed by atoms with E-state index < -0.39 is 0 Å². The van der Waals surface area contributed by atoms with E-state index in [0.29, 0.717) is 6.42 Å². The van der Waals surface area contributed by atoms with Gasteiger partial charge < -0.3 is 9.64 Å². The van der Waals surface area contributed by atoms with Crippen LogP contribution in [0.3, 0.4) is 0 Å².